The molecule has 278 valence electrons. The van der Waals surface area contributed by atoms with Gasteiger partial charge in [0.25, 0.3) is 11.8 Å². The Labute approximate surface area is 321 Å². The molecule has 0 saturated carbocycles. The Morgan fingerprint density at radius 2 is 1.18 bits per heavy atom. The van der Waals surface area contributed by atoms with E-state index < -0.39 is 0 Å². The van der Waals surface area contributed by atoms with E-state index in [1.807, 2.05) is 54.6 Å². The molecule has 2 saturated heterocycles. The van der Waals surface area contributed by atoms with Crippen molar-refractivity contribution in [1.82, 2.24) is 40.2 Å². The number of nitriles is 1. The lowest BCUT2D eigenvalue weighted by Crippen LogP contribution is -2.33. The molecule has 2 fully saturated rings. The largest absolute Gasteiger partial charge is 0.371 e. The van der Waals surface area contributed by atoms with Crippen LogP contribution in [-0.2, 0) is 9.47 Å². The van der Waals surface area contributed by atoms with Crippen molar-refractivity contribution in [1.29, 1.82) is 5.26 Å². The molecule has 2 amide bonds. The number of nitrogens with zero attached hydrogens (tertiary/aromatic N) is 7. The zero-order chi connectivity index (χ0) is 38.0. The summed E-state index contributed by atoms with van der Waals surface area (Å²) in [4.78, 5) is 33.3. The SMILES string of the molecule is N#Cc1ccc(-n2cc(C(=O)Nc3ccc([C@H]4CNCCO4)cc3)cn2)nc1.O=C(Nc1ccc([C@H]2CNCCO2)cc1)c1cnn(-c2ccc(Cl)cn2)c1. The summed E-state index contributed by atoms with van der Waals surface area (Å²) in [7, 11) is 0. The highest BCUT2D eigenvalue weighted by Gasteiger charge is 2.18. The van der Waals surface area contributed by atoms with Gasteiger partial charge < -0.3 is 30.7 Å². The minimum Gasteiger partial charge on any atom is -0.371 e. The van der Waals surface area contributed by atoms with Crippen molar-refractivity contribution in [3.05, 3.63) is 143 Å². The Balaban J connectivity index is 0.000000169. The lowest BCUT2D eigenvalue weighted by atomic mass is 10.1. The van der Waals surface area contributed by atoms with E-state index in [0.29, 0.717) is 57.9 Å². The van der Waals surface area contributed by atoms with Crippen molar-refractivity contribution in [2.75, 3.05) is 50.0 Å². The second kappa shape index (κ2) is 17.7. The molecule has 6 aromatic rings. The van der Waals surface area contributed by atoms with E-state index in [4.69, 9.17) is 26.3 Å². The third kappa shape index (κ3) is 9.64. The van der Waals surface area contributed by atoms with Gasteiger partial charge in [-0.1, -0.05) is 35.9 Å². The van der Waals surface area contributed by atoms with Crippen LogP contribution < -0.4 is 21.3 Å². The molecule has 55 heavy (non-hydrogen) atoms. The molecule has 0 radical (unpaired) electrons. The summed E-state index contributed by atoms with van der Waals surface area (Å²) in [5.41, 5.74) is 4.89. The number of aromatic nitrogens is 6. The van der Waals surface area contributed by atoms with E-state index >= 15 is 0 Å². The van der Waals surface area contributed by atoms with Gasteiger partial charge in [0.15, 0.2) is 11.6 Å². The van der Waals surface area contributed by atoms with Gasteiger partial charge in [0.05, 0.1) is 59.5 Å². The minimum atomic E-state index is -0.261. The first kappa shape index (κ1) is 37.1. The van der Waals surface area contributed by atoms with Crippen LogP contribution in [0.4, 0.5) is 11.4 Å². The maximum Gasteiger partial charge on any atom is 0.258 e. The van der Waals surface area contributed by atoms with Crippen LogP contribution in [0.5, 0.6) is 0 Å². The summed E-state index contributed by atoms with van der Waals surface area (Å²) in [6.45, 7) is 4.73. The van der Waals surface area contributed by atoms with Crippen LogP contribution in [0.15, 0.2) is 110 Å². The quantitative estimate of drug-likeness (QED) is 0.166. The number of benzene rings is 2. The molecule has 2 aromatic carbocycles. The van der Waals surface area contributed by atoms with Gasteiger partial charge in [0.1, 0.15) is 6.07 Å². The Morgan fingerprint density at radius 3 is 1.58 bits per heavy atom. The molecule has 4 N–H and O–H groups in total. The van der Waals surface area contributed by atoms with Crippen molar-refractivity contribution in [3.63, 3.8) is 0 Å². The summed E-state index contributed by atoms with van der Waals surface area (Å²) in [6, 6.07) is 24.1. The molecule has 2 atom stereocenters. The van der Waals surface area contributed by atoms with E-state index in [1.165, 1.54) is 34.2 Å². The number of nitrogens with one attached hydrogen (secondary N) is 4. The van der Waals surface area contributed by atoms with E-state index in [1.54, 1.807) is 36.7 Å². The van der Waals surface area contributed by atoms with Crippen LogP contribution in [0.3, 0.4) is 0 Å². The molecular formula is C39H36ClN11O4. The average molecular weight is 758 g/mol. The molecular weight excluding hydrogens is 722 g/mol. The second-order valence-electron chi connectivity index (χ2n) is 12.5. The van der Waals surface area contributed by atoms with Crippen molar-refractivity contribution >= 4 is 34.8 Å². The first-order valence-electron chi connectivity index (χ1n) is 17.5. The number of halogens is 1. The maximum absolute atomic E-state index is 12.5. The summed E-state index contributed by atoms with van der Waals surface area (Å²) < 4.78 is 14.5. The smallest absolute Gasteiger partial charge is 0.258 e. The number of carbonyl (C=O) groups excluding carboxylic acids is 2. The van der Waals surface area contributed by atoms with Gasteiger partial charge in [-0.25, -0.2) is 19.3 Å². The van der Waals surface area contributed by atoms with Crippen LogP contribution in [0.25, 0.3) is 11.6 Å². The number of pyridine rings is 2. The van der Waals surface area contributed by atoms with Gasteiger partial charge in [-0.15, -0.1) is 0 Å². The summed E-state index contributed by atoms with van der Waals surface area (Å²) in [5.74, 6) is 0.620. The topological polar surface area (TPSA) is 186 Å². The molecule has 0 aliphatic carbocycles. The first-order valence-corrected chi connectivity index (χ1v) is 17.8. The number of rotatable bonds is 8. The number of morpholine rings is 2. The van der Waals surface area contributed by atoms with Gasteiger partial charge in [0.2, 0.25) is 0 Å². The lowest BCUT2D eigenvalue weighted by Gasteiger charge is -2.24. The Kier molecular flexibility index (Phi) is 11.9. The highest BCUT2D eigenvalue weighted by atomic mass is 35.5. The highest BCUT2D eigenvalue weighted by Crippen LogP contribution is 2.23. The number of carbonyl (C=O) groups is 2. The van der Waals surface area contributed by atoms with Crippen molar-refractivity contribution in [2.24, 2.45) is 0 Å². The summed E-state index contributed by atoms with van der Waals surface area (Å²) >= 11 is 5.84. The van der Waals surface area contributed by atoms with Crippen LogP contribution in [0, 0.1) is 11.3 Å². The molecule has 0 unspecified atom stereocenters. The van der Waals surface area contributed by atoms with E-state index in [2.05, 4.69) is 41.4 Å². The summed E-state index contributed by atoms with van der Waals surface area (Å²) in [6.07, 6.45) is 9.29. The number of amides is 2. The minimum absolute atomic E-state index is 0.0386. The van der Waals surface area contributed by atoms with Crippen LogP contribution >= 0.6 is 11.6 Å². The summed E-state index contributed by atoms with van der Waals surface area (Å²) in [5, 5.41) is 30.1. The fraction of sp³-hybridized carbons (Fsp3) is 0.205. The number of ether oxygens (including phenoxy) is 2. The molecule has 2 aliphatic heterocycles. The number of anilines is 2. The Hall–Kier alpha value is -6.28. The van der Waals surface area contributed by atoms with Crippen molar-refractivity contribution in [3.8, 4) is 17.7 Å². The normalized spacial score (nSPS) is 16.6. The van der Waals surface area contributed by atoms with Crippen LogP contribution in [-0.4, -0.2) is 80.7 Å². The van der Waals surface area contributed by atoms with Gasteiger partial charge in [-0.05, 0) is 59.7 Å². The lowest BCUT2D eigenvalue weighted by molar-refractivity contribution is 0.0276. The molecule has 6 heterocycles. The molecule has 4 aromatic heterocycles. The maximum atomic E-state index is 12.5. The number of hydrogen-bond donors (Lipinski definition) is 4. The predicted molar refractivity (Wildman–Crippen MR) is 204 cm³/mol. The molecule has 8 rings (SSSR count). The fourth-order valence-corrected chi connectivity index (χ4v) is 5.86. The Bertz CT molecular complexity index is 2240. The van der Waals surface area contributed by atoms with Gasteiger partial charge in [-0.2, -0.15) is 15.5 Å². The van der Waals surface area contributed by atoms with Gasteiger partial charge in [0, 0.05) is 62.3 Å². The molecule has 0 spiro atoms. The second-order valence-corrected chi connectivity index (χ2v) is 12.9. The number of hydrogen-bond acceptors (Lipinski definition) is 11. The third-order valence-electron chi connectivity index (χ3n) is 8.68. The molecule has 16 heteroatoms. The van der Waals surface area contributed by atoms with E-state index in [-0.39, 0.29) is 24.0 Å². The molecule has 2 aliphatic rings. The van der Waals surface area contributed by atoms with Crippen LogP contribution in [0.2, 0.25) is 5.02 Å². The first-order chi connectivity index (χ1) is 26.9. The highest BCUT2D eigenvalue weighted by molar-refractivity contribution is 6.30. The predicted octanol–water partition coefficient (Wildman–Crippen LogP) is 4.89. The van der Waals surface area contributed by atoms with E-state index in [0.717, 1.165) is 37.3 Å². The monoisotopic (exact) mass is 757 g/mol. The fourth-order valence-electron chi connectivity index (χ4n) is 5.75. The average Bonchev–Trinajstić information content (AvgIpc) is 3.95. The molecule has 0 bridgehead atoms. The third-order valence-corrected chi connectivity index (χ3v) is 8.91. The van der Waals surface area contributed by atoms with Crippen LogP contribution in [0.1, 0.15) is 49.6 Å². The molecule has 15 nitrogen and oxygen atoms in total. The zero-order valence-corrected chi connectivity index (χ0v) is 30.2. The standard InChI is InChI=1S/C20H18N6O2.C19H18ClN5O2/c21-9-14-1-6-19(23-10-14)26-13-16(11-24-26)20(27)25-17-4-2-15(3-5-17)18-12-22-7-8-28-18;20-15-3-6-18(22-10-15)25-12-14(9-23-25)19(26)24-16-4-1-13(2-5-16)17-11-21-7-8-27-17/h1-6,10-11,13,18,22H,7-8,12H2,(H,25,27);1-6,9-10,12,17,21H,7-8,11H2,(H,24,26)/t18-;17-/m11/s1. The van der Waals surface area contributed by atoms with Gasteiger partial charge >= 0.3 is 0 Å². The van der Waals surface area contributed by atoms with Gasteiger partial charge in [-0.3, -0.25) is 9.59 Å². The zero-order valence-electron chi connectivity index (χ0n) is 29.4. The van der Waals surface area contributed by atoms with Crippen molar-refractivity contribution < 1.29 is 19.1 Å². The van der Waals surface area contributed by atoms with E-state index in [9.17, 15) is 9.59 Å². The van der Waals surface area contributed by atoms with Crippen molar-refractivity contribution in [2.45, 2.75) is 12.2 Å². The Morgan fingerprint density at radius 1 is 0.691 bits per heavy atom.